The van der Waals surface area contributed by atoms with E-state index in [-0.39, 0.29) is 58.9 Å². The zero-order valence-corrected chi connectivity index (χ0v) is 39.5. The van der Waals surface area contributed by atoms with Crippen molar-refractivity contribution in [3.05, 3.63) is 29.8 Å². The van der Waals surface area contributed by atoms with E-state index in [1.54, 1.807) is 20.8 Å². The maximum absolute atomic E-state index is 13.9. The predicted molar refractivity (Wildman–Crippen MR) is 238 cm³/mol. The minimum absolute atomic E-state index is 0.00554. The molecule has 1 aromatic rings. The fraction of sp³-hybridized carbons (Fsp3) is 0.766. The van der Waals surface area contributed by atoms with Crippen molar-refractivity contribution in [3.8, 4) is 0 Å². The molecule has 2 bridgehead atoms. The van der Waals surface area contributed by atoms with Crippen LogP contribution in [0.25, 0.3) is 0 Å². The molecule has 344 valence electrons. The van der Waals surface area contributed by atoms with Gasteiger partial charge in [-0.1, -0.05) is 39.8 Å². The van der Waals surface area contributed by atoms with Crippen molar-refractivity contribution >= 4 is 42.3 Å². The van der Waals surface area contributed by atoms with Crippen LogP contribution in [0.1, 0.15) is 133 Å². The highest BCUT2D eigenvalue weighted by molar-refractivity contribution is 8.00. The van der Waals surface area contributed by atoms with Crippen LogP contribution in [0.15, 0.2) is 29.2 Å². The zero-order valence-electron chi connectivity index (χ0n) is 38.7. The molecule has 14 heteroatoms. The molecule has 8 atom stereocenters. The van der Waals surface area contributed by atoms with Crippen LogP contribution in [0.4, 0.5) is 9.59 Å². The summed E-state index contributed by atoms with van der Waals surface area (Å²) in [5.41, 5.74) is -0.748. The monoisotopic (exact) mass is 873 g/mol. The third-order valence-corrected chi connectivity index (χ3v) is 14.4. The van der Waals surface area contributed by atoms with Gasteiger partial charge in [0, 0.05) is 35.9 Å². The molecule has 13 nitrogen and oxygen atoms in total. The van der Waals surface area contributed by atoms with Gasteiger partial charge in [-0.2, -0.15) is 0 Å². The van der Waals surface area contributed by atoms with Gasteiger partial charge in [0.05, 0.1) is 12.2 Å². The number of nitrogens with one attached hydrogen (secondary N) is 4. The average Bonchev–Trinajstić information content (AvgIpc) is 3.54. The van der Waals surface area contributed by atoms with E-state index in [1.165, 1.54) is 11.8 Å². The summed E-state index contributed by atoms with van der Waals surface area (Å²) in [7, 11) is 0. The second kappa shape index (κ2) is 21.7. The smallest absolute Gasteiger partial charge is 0.407 e. The molecular weight excluding hydrogens is 797 g/mol. The van der Waals surface area contributed by atoms with Crippen LogP contribution in [-0.4, -0.2) is 92.4 Å². The van der Waals surface area contributed by atoms with Crippen molar-refractivity contribution in [2.45, 2.75) is 162 Å². The molecule has 3 aliphatic rings. The Kier molecular flexibility index (Phi) is 17.8. The molecule has 3 amide bonds. The summed E-state index contributed by atoms with van der Waals surface area (Å²) in [5.74, 6) is 0.532. The molecule has 3 aliphatic carbocycles. The van der Waals surface area contributed by atoms with E-state index in [2.05, 4.69) is 49.0 Å². The van der Waals surface area contributed by atoms with E-state index < -0.39 is 28.8 Å². The van der Waals surface area contributed by atoms with Gasteiger partial charge in [0.1, 0.15) is 23.4 Å². The van der Waals surface area contributed by atoms with Gasteiger partial charge in [0.2, 0.25) is 5.91 Å². The zero-order chi connectivity index (χ0) is 45.1. The van der Waals surface area contributed by atoms with Gasteiger partial charge >= 0.3 is 18.2 Å². The van der Waals surface area contributed by atoms with Crippen LogP contribution >= 0.6 is 11.8 Å². The first-order valence-electron chi connectivity index (χ1n) is 22.5. The van der Waals surface area contributed by atoms with Crippen LogP contribution < -0.4 is 21.3 Å². The standard InChI is InChI=1S/C47H76N4O9S/c1-32-17-19-47-20-18-36(57-31-52)40(47)46(32,10)37(29-45(9,28-33(47)2)21-26-48-22-11-24-50-41(55)59-43(3,4)5)58-39(54)30-61-35-15-13-34(14-16-35)27-38(53)49-23-12-25-51-42(56)60-44(6,7)8/h13-16,31-33,36-37,40,48H,11-12,17-30H2,1-10H3,(H,49,53)(H,50,55)(H,51,56)/t32-,33+,36-,37-,40+,45-,46+,47+/m1/s1. The Bertz CT molecular complexity index is 1630. The lowest BCUT2D eigenvalue weighted by Crippen LogP contribution is -2.61. The van der Waals surface area contributed by atoms with Crippen LogP contribution in [0, 0.1) is 34.0 Å². The Balaban J connectivity index is 1.36. The lowest BCUT2D eigenvalue weighted by Gasteiger charge is -2.62. The Hall–Kier alpha value is -3.52. The molecule has 0 spiro atoms. The number of thioether (sulfide) groups is 1. The summed E-state index contributed by atoms with van der Waals surface area (Å²) in [4.78, 5) is 63.2. The number of hydrogen-bond donors (Lipinski definition) is 4. The third-order valence-electron chi connectivity index (χ3n) is 13.4. The lowest BCUT2D eigenvalue weighted by atomic mass is 9.44. The largest absolute Gasteiger partial charge is 0.464 e. The summed E-state index contributed by atoms with van der Waals surface area (Å²) < 4.78 is 23.2. The Morgan fingerprint density at radius 3 is 1.98 bits per heavy atom. The molecular formula is C47H76N4O9S. The summed E-state index contributed by atoms with van der Waals surface area (Å²) >= 11 is 1.42. The minimum Gasteiger partial charge on any atom is -0.464 e. The summed E-state index contributed by atoms with van der Waals surface area (Å²) in [5, 5.41) is 12.0. The highest BCUT2D eigenvalue weighted by Gasteiger charge is 2.67. The lowest BCUT2D eigenvalue weighted by molar-refractivity contribution is -0.207. The van der Waals surface area contributed by atoms with Gasteiger partial charge in [-0.05, 0) is 153 Å². The number of carbonyl (C=O) groups excluding carboxylic acids is 5. The van der Waals surface area contributed by atoms with Gasteiger partial charge in [0.15, 0.2) is 0 Å². The first kappa shape index (κ1) is 50.1. The molecule has 1 aromatic carbocycles. The van der Waals surface area contributed by atoms with Crippen molar-refractivity contribution in [1.29, 1.82) is 0 Å². The summed E-state index contributed by atoms with van der Waals surface area (Å²) in [6, 6.07) is 7.67. The van der Waals surface area contributed by atoms with Gasteiger partial charge in [-0.25, -0.2) is 9.59 Å². The number of alkyl carbamates (subject to hydrolysis) is 2. The molecule has 61 heavy (non-hydrogen) atoms. The van der Waals surface area contributed by atoms with E-state index in [1.807, 2.05) is 45.0 Å². The minimum atomic E-state index is -0.562. The Labute approximate surface area is 369 Å². The van der Waals surface area contributed by atoms with Crippen LogP contribution in [0.2, 0.25) is 0 Å². The van der Waals surface area contributed by atoms with Crippen molar-refractivity contribution in [2.75, 3.05) is 38.5 Å². The molecule has 4 rings (SSSR count). The normalized spacial score (nSPS) is 28.6. The second-order valence-electron chi connectivity index (χ2n) is 20.4. The van der Waals surface area contributed by atoms with Gasteiger partial charge in [0.25, 0.3) is 6.47 Å². The van der Waals surface area contributed by atoms with E-state index in [9.17, 15) is 24.0 Å². The average molecular weight is 873 g/mol. The summed E-state index contributed by atoms with van der Waals surface area (Å²) in [6.45, 7) is 23.8. The highest BCUT2D eigenvalue weighted by Crippen LogP contribution is 2.69. The molecule has 3 saturated carbocycles. The van der Waals surface area contributed by atoms with Gasteiger partial charge in [-0.3, -0.25) is 14.4 Å². The molecule has 0 aromatic heterocycles. The molecule has 0 saturated heterocycles. The Morgan fingerprint density at radius 1 is 0.787 bits per heavy atom. The maximum Gasteiger partial charge on any atom is 0.407 e. The molecule has 4 N–H and O–H groups in total. The van der Waals surface area contributed by atoms with E-state index in [4.69, 9.17) is 18.9 Å². The van der Waals surface area contributed by atoms with Crippen LogP contribution in [-0.2, 0) is 39.8 Å². The maximum atomic E-state index is 13.9. The van der Waals surface area contributed by atoms with Crippen LogP contribution in [0.5, 0.6) is 0 Å². The van der Waals surface area contributed by atoms with E-state index in [0.717, 1.165) is 68.5 Å². The predicted octanol–water partition coefficient (Wildman–Crippen LogP) is 7.97. The molecule has 3 fully saturated rings. The van der Waals surface area contributed by atoms with Gasteiger partial charge < -0.3 is 40.2 Å². The number of benzene rings is 1. The third kappa shape index (κ3) is 14.5. The topological polar surface area (TPSA) is 170 Å². The number of carbonyl (C=O) groups is 5. The van der Waals surface area contributed by atoms with Crippen LogP contribution in [0.3, 0.4) is 0 Å². The SMILES string of the molecule is C[C@@H]1CC[C@@]23CC[C@@H](OC=O)[C@H]2[C@]1(C)[C@H](OC(=O)CSc1ccc(CC(=O)NCCCNC(=O)OC(C)(C)C)cc1)C[C@](C)(CCNCCCNC(=O)OC(C)(C)C)C[C@@H]3C. The molecule has 0 aliphatic heterocycles. The van der Waals surface area contributed by atoms with E-state index >= 15 is 0 Å². The fourth-order valence-electron chi connectivity index (χ4n) is 10.4. The molecule has 0 heterocycles. The van der Waals surface area contributed by atoms with Gasteiger partial charge in [-0.15, -0.1) is 11.8 Å². The summed E-state index contributed by atoms with van der Waals surface area (Å²) in [6.07, 6.45) is 6.70. The van der Waals surface area contributed by atoms with Crippen molar-refractivity contribution in [3.63, 3.8) is 0 Å². The molecule has 0 radical (unpaired) electrons. The number of amides is 3. The van der Waals surface area contributed by atoms with Crippen molar-refractivity contribution < 1.29 is 42.9 Å². The second-order valence-corrected chi connectivity index (χ2v) is 21.5. The first-order chi connectivity index (χ1) is 28.6. The number of ether oxygens (including phenoxy) is 4. The quantitative estimate of drug-likeness (QED) is 0.0350. The highest BCUT2D eigenvalue weighted by atomic mass is 32.2. The Morgan fingerprint density at radius 2 is 1.38 bits per heavy atom. The van der Waals surface area contributed by atoms with E-state index in [0.29, 0.717) is 44.9 Å². The number of esters is 1. The van der Waals surface area contributed by atoms with Crippen molar-refractivity contribution in [1.82, 2.24) is 21.3 Å². The molecule has 0 unspecified atom stereocenters. The first-order valence-corrected chi connectivity index (χ1v) is 23.5. The fourth-order valence-corrected chi connectivity index (χ4v) is 11.1. The van der Waals surface area contributed by atoms with Crippen molar-refractivity contribution in [2.24, 2.45) is 34.0 Å². The number of hydrogen-bond acceptors (Lipinski definition) is 11. The number of rotatable bonds is 19.